The lowest BCUT2D eigenvalue weighted by Crippen LogP contribution is -2.50. The minimum absolute atomic E-state index is 0.00838. The van der Waals surface area contributed by atoms with Crippen LogP contribution in [0.1, 0.15) is 54.9 Å². The Labute approximate surface area is 88.9 Å². The molecule has 0 aliphatic rings. The van der Waals surface area contributed by atoms with E-state index in [4.69, 9.17) is 5.73 Å². The van der Waals surface area contributed by atoms with Gasteiger partial charge in [0.2, 0.25) is 0 Å². The first-order chi connectivity index (χ1) is 5.90. The zero-order valence-corrected chi connectivity index (χ0v) is 10.8. The Balaban J connectivity index is 4.94. The van der Waals surface area contributed by atoms with E-state index in [1.165, 1.54) is 0 Å². The standard InChI is InChI=1S/C12H27NO/c1-10(2,3)8-12(7,9(13)14)11(4,5)6/h9,14H,8,13H2,1-7H3. The van der Waals surface area contributed by atoms with Crippen LogP contribution in [0.25, 0.3) is 0 Å². The van der Waals surface area contributed by atoms with Crippen LogP contribution in [0.5, 0.6) is 0 Å². The Morgan fingerprint density at radius 1 is 1.00 bits per heavy atom. The van der Waals surface area contributed by atoms with Crippen molar-refractivity contribution in [2.45, 2.75) is 61.1 Å². The third kappa shape index (κ3) is 3.25. The Kier molecular flexibility index (Phi) is 3.80. The maximum absolute atomic E-state index is 9.75. The third-order valence-corrected chi connectivity index (χ3v) is 3.26. The molecule has 0 aromatic carbocycles. The molecule has 2 nitrogen and oxygen atoms in total. The van der Waals surface area contributed by atoms with E-state index in [-0.39, 0.29) is 16.2 Å². The molecule has 2 atom stereocenters. The van der Waals surface area contributed by atoms with E-state index in [2.05, 4.69) is 48.5 Å². The molecule has 0 aromatic rings. The lowest BCUT2D eigenvalue weighted by Gasteiger charge is -2.47. The Morgan fingerprint density at radius 3 is 1.43 bits per heavy atom. The molecule has 0 aliphatic heterocycles. The summed E-state index contributed by atoms with van der Waals surface area (Å²) in [6.07, 6.45) is 0.156. The van der Waals surface area contributed by atoms with Crippen LogP contribution in [0.2, 0.25) is 0 Å². The molecule has 2 heteroatoms. The molecule has 0 saturated heterocycles. The second kappa shape index (κ2) is 3.82. The molecule has 0 spiro atoms. The van der Waals surface area contributed by atoms with Crippen LogP contribution in [0.15, 0.2) is 0 Å². The number of hydrogen-bond acceptors (Lipinski definition) is 2. The summed E-state index contributed by atoms with van der Waals surface area (Å²) >= 11 is 0. The molecule has 0 saturated carbocycles. The second-order valence-electron chi connectivity index (χ2n) is 6.85. The van der Waals surface area contributed by atoms with Crippen molar-refractivity contribution in [2.24, 2.45) is 22.0 Å². The maximum atomic E-state index is 9.75. The summed E-state index contributed by atoms with van der Waals surface area (Å²) in [5.74, 6) is 0. The average molecular weight is 201 g/mol. The molecule has 0 aliphatic carbocycles. The fourth-order valence-corrected chi connectivity index (χ4v) is 1.92. The van der Waals surface area contributed by atoms with Gasteiger partial charge in [0.1, 0.15) is 6.23 Å². The number of aliphatic hydroxyl groups is 1. The maximum Gasteiger partial charge on any atom is 0.108 e. The van der Waals surface area contributed by atoms with Gasteiger partial charge in [-0.2, -0.15) is 0 Å². The van der Waals surface area contributed by atoms with Crippen molar-refractivity contribution in [3.05, 3.63) is 0 Å². The predicted octanol–water partition coefficient (Wildman–Crippen LogP) is 2.75. The summed E-state index contributed by atoms with van der Waals surface area (Å²) in [6.45, 7) is 15.0. The van der Waals surface area contributed by atoms with Crippen LogP contribution in [0.4, 0.5) is 0 Å². The van der Waals surface area contributed by atoms with Crippen molar-refractivity contribution in [1.82, 2.24) is 0 Å². The van der Waals surface area contributed by atoms with Gasteiger partial charge in [-0.15, -0.1) is 0 Å². The van der Waals surface area contributed by atoms with Gasteiger partial charge < -0.3 is 10.8 Å². The van der Waals surface area contributed by atoms with E-state index in [0.29, 0.717) is 0 Å². The van der Waals surface area contributed by atoms with Crippen molar-refractivity contribution in [2.75, 3.05) is 0 Å². The fraction of sp³-hybridized carbons (Fsp3) is 1.00. The molecule has 0 radical (unpaired) electrons. The van der Waals surface area contributed by atoms with Gasteiger partial charge >= 0.3 is 0 Å². The van der Waals surface area contributed by atoms with Crippen LogP contribution in [-0.4, -0.2) is 11.3 Å². The molecular weight excluding hydrogens is 174 g/mol. The first-order valence-electron chi connectivity index (χ1n) is 5.34. The number of rotatable bonds is 2. The highest BCUT2D eigenvalue weighted by Crippen LogP contribution is 2.47. The van der Waals surface area contributed by atoms with Gasteiger partial charge in [-0.25, -0.2) is 0 Å². The topological polar surface area (TPSA) is 46.2 Å². The lowest BCUT2D eigenvalue weighted by atomic mass is 9.60. The summed E-state index contributed by atoms with van der Waals surface area (Å²) in [4.78, 5) is 0. The predicted molar refractivity (Wildman–Crippen MR) is 61.8 cm³/mol. The molecule has 0 aromatic heterocycles. The molecule has 86 valence electrons. The zero-order chi connectivity index (χ0) is 11.8. The smallest absolute Gasteiger partial charge is 0.108 e. The molecule has 0 rings (SSSR count). The zero-order valence-electron chi connectivity index (χ0n) is 10.8. The molecule has 14 heavy (non-hydrogen) atoms. The van der Waals surface area contributed by atoms with E-state index in [9.17, 15) is 5.11 Å². The molecule has 0 bridgehead atoms. The van der Waals surface area contributed by atoms with E-state index in [0.717, 1.165) is 6.42 Å². The first-order valence-corrected chi connectivity index (χ1v) is 5.34. The van der Waals surface area contributed by atoms with Gasteiger partial charge in [0.05, 0.1) is 0 Å². The largest absolute Gasteiger partial charge is 0.378 e. The van der Waals surface area contributed by atoms with E-state index >= 15 is 0 Å². The minimum atomic E-state index is -0.762. The normalized spacial score (nSPS) is 20.4. The van der Waals surface area contributed by atoms with E-state index < -0.39 is 6.23 Å². The number of aliphatic hydroxyl groups excluding tert-OH is 1. The lowest BCUT2D eigenvalue weighted by molar-refractivity contribution is -0.0636. The van der Waals surface area contributed by atoms with Crippen LogP contribution in [0.3, 0.4) is 0 Å². The second-order valence-corrected chi connectivity index (χ2v) is 6.85. The van der Waals surface area contributed by atoms with Gasteiger partial charge in [0.25, 0.3) is 0 Å². The molecule has 0 fully saturated rings. The fourth-order valence-electron chi connectivity index (χ4n) is 1.92. The van der Waals surface area contributed by atoms with Gasteiger partial charge in [-0.1, -0.05) is 48.5 Å². The van der Waals surface area contributed by atoms with Crippen molar-refractivity contribution in [3.63, 3.8) is 0 Å². The Hall–Kier alpha value is -0.0800. The summed E-state index contributed by atoms with van der Waals surface area (Å²) in [7, 11) is 0. The van der Waals surface area contributed by atoms with Crippen LogP contribution >= 0.6 is 0 Å². The summed E-state index contributed by atoms with van der Waals surface area (Å²) in [6, 6.07) is 0. The van der Waals surface area contributed by atoms with Crippen molar-refractivity contribution >= 4 is 0 Å². The first kappa shape index (κ1) is 13.9. The molecular formula is C12H27NO. The summed E-state index contributed by atoms with van der Waals surface area (Å²) in [5, 5.41) is 9.75. The molecule has 0 heterocycles. The van der Waals surface area contributed by atoms with Crippen LogP contribution in [0, 0.1) is 16.2 Å². The van der Waals surface area contributed by atoms with Gasteiger partial charge in [-0.3, -0.25) is 0 Å². The minimum Gasteiger partial charge on any atom is -0.378 e. The molecule has 3 N–H and O–H groups in total. The highest BCUT2D eigenvalue weighted by molar-refractivity contribution is 4.92. The molecule has 2 unspecified atom stereocenters. The molecule has 0 amide bonds. The van der Waals surface area contributed by atoms with Crippen LogP contribution < -0.4 is 5.73 Å². The SMILES string of the molecule is CC(C)(C)CC(C)(C(N)O)C(C)(C)C. The van der Waals surface area contributed by atoms with Crippen molar-refractivity contribution in [3.8, 4) is 0 Å². The van der Waals surface area contributed by atoms with E-state index in [1.54, 1.807) is 0 Å². The van der Waals surface area contributed by atoms with Crippen LogP contribution in [-0.2, 0) is 0 Å². The van der Waals surface area contributed by atoms with Gasteiger partial charge in [-0.05, 0) is 17.3 Å². The third-order valence-electron chi connectivity index (χ3n) is 3.26. The highest BCUT2D eigenvalue weighted by atomic mass is 16.3. The monoisotopic (exact) mass is 201 g/mol. The Morgan fingerprint density at radius 2 is 1.36 bits per heavy atom. The quantitative estimate of drug-likeness (QED) is 0.675. The number of nitrogens with two attached hydrogens (primary N) is 1. The summed E-state index contributed by atoms with van der Waals surface area (Å²) < 4.78 is 0. The Bertz CT molecular complexity index is 185. The van der Waals surface area contributed by atoms with Gasteiger partial charge in [0.15, 0.2) is 0 Å². The van der Waals surface area contributed by atoms with Crippen molar-refractivity contribution < 1.29 is 5.11 Å². The van der Waals surface area contributed by atoms with Gasteiger partial charge in [0, 0.05) is 5.41 Å². The number of hydrogen-bond donors (Lipinski definition) is 2. The highest BCUT2D eigenvalue weighted by Gasteiger charge is 2.44. The average Bonchev–Trinajstić information content (AvgIpc) is 1.79. The van der Waals surface area contributed by atoms with Crippen molar-refractivity contribution in [1.29, 1.82) is 0 Å². The van der Waals surface area contributed by atoms with E-state index in [1.807, 2.05) is 0 Å². The summed E-state index contributed by atoms with van der Waals surface area (Å²) in [5.41, 5.74) is 5.67.